The first-order chi connectivity index (χ1) is 14.3. The second-order valence-electron chi connectivity index (χ2n) is 8.42. The molecule has 0 unspecified atom stereocenters. The van der Waals surface area contributed by atoms with Crippen molar-refractivity contribution >= 4 is 0 Å². The van der Waals surface area contributed by atoms with Crippen molar-refractivity contribution in [1.82, 2.24) is 0 Å². The molecule has 0 amide bonds. The van der Waals surface area contributed by atoms with Gasteiger partial charge in [0, 0.05) is 0 Å². The Kier molecular flexibility index (Phi) is 8.77. The lowest BCUT2D eigenvalue weighted by molar-refractivity contribution is 0.149. The van der Waals surface area contributed by atoms with E-state index in [0.29, 0.717) is 13.2 Å². The van der Waals surface area contributed by atoms with E-state index in [0.717, 1.165) is 18.3 Å². The van der Waals surface area contributed by atoms with Crippen LogP contribution in [0.1, 0.15) is 66.7 Å². The minimum Gasteiger partial charge on any atom is -0.373 e. The Hall–Kier alpha value is -2.12. The molecule has 29 heavy (non-hydrogen) atoms. The first-order valence-corrected chi connectivity index (χ1v) is 11.3. The number of allylic oxidation sites excluding steroid dienone is 1. The third-order valence-corrected chi connectivity index (χ3v) is 6.26. The fourth-order valence-electron chi connectivity index (χ4n) is 4.37. The fraction of sp³-hybridized carbons (Fsp3) is 0.429. The number of ether oxygens (including phenoxy) is 1. The number of rotatable bonds is 11. The third kappa shape index (κ3) is 7.01. The van der Waals surface area contributed by atoms with Gasteiger partial charge in [0.2, 0.25) is 0 Å². The molecule has 2 aromatic carbocycles. The summed E-state index contributed by atoms with van der Waals surface area (Å²) in [5, 5.41) is 0. The summed E-state index contributed by atoms with van der Waals surface area (Å²) in [4.78, 5) is 0. The van der Waals surface area contributed by atoms with Crippen LogP contribution in [0, 0.1) is 5.92 Å². The van der Waals surface area contributed by atoms with Crippen LogP contribution in [0.2, 0.25) is 0 Å². The van der Waals surface area contributed by atoms with E-state index < -0.39 is 0 Å². The van der Waals surface area contributed by atoms with Crippen molar-refractivity contribution in [1.29, 1.82) is 0 Å². The van der Waals surface area contributed by atoms with E-state index in [1.54, 1.807) is 6.08 Å². The number of benzene rings is 2. The first kappa shape index (κ1) is 21.6. The summed E-state index contributed by atoms with van der Waals surface area (Å²) in [7, 11) is 0. The minimum absolute atomic E-state index is 0.610. The molecule has 0 aliphatic heterocycles. The van der Waals surface area contributed by atoms with Gasteiger partial charge in [-0.25, -0.2) is 0 Å². The minimum atomic E-state index is 0.610. The van der Waals surface area contributed by atoms with E-state index in [2.05, 4.69) is 67.8 Å². The average Bonchev–Trinajstić information content (AvgIpc) is 2.78. The van der Waals surface area contributed by atoms with Crippen LogP contribution in [0.3, 0.4) is 0 Å². The highest BCUT2D eigenvalue weighted by Crippen LogP contribution is 2.36. The smallest absolute Gasteiger partial charge is 0.0721 e. The van der Waals surface area contributed by atoms with Crippen LogP contribution >= 0.6 is 0 Å². The van der Waals surface area contributed by atoms with Gasteiger partial charge >= 0.3 is 0 Å². The van der Waals surface area contributed by atoms with Crippen molar-refractivity contribution < 1.29 is 4.74 Å². The Morgan fingerprint density at radius 1 is 0.759 bits per heavy atom. The summed E-state index contributed by atoms with van der Waals surface area (Å²) >= 11 is 0. The molecule has 154 valence electrons. The Morgan fingerprint density at radius 2 is 1.31 bits per heavy atom. The van der Waals surface area contributed by atoms with Crippen LogP contribution in [0.5, 0.6) is 0 Å². The van der Waals surface area contributed by atoms with E-state index in [1.165, 1.54) is 67.2 Å². The SMILES string of the molecule is C=CCOCc1ccc(CCCCc2ccc(C3CCC(C=C)CC3)cc2)cc1. The zero-order valence-corrected chi connectivity index (χ0v) is 17.8. The second-order valence-corrected chi connectivity index (χ2v) is 8.42. The van der Waals surface area contributed by atoms with Gasteiger partial charge in [0.15, 0.2) is 0 Å². The molecule has 0 N–H and O–H groups in total. The van der Waals surface area contributed by atoms with Gasteiger partial charge in [0.05, 0.1) is 13.2 Å². The highest BCUT2D eigenvalue weighted by Gasteiger charge is 2.20. The molecule has 1 heteroatoms. The number of unbranched alkanes of at least 4 members (excludes halogenated alkanes) is 1. The van der Waals surface area contributed by atoms with Gasteiger partial charge in [0.1, 0.15) is 0 Å². The molecule has 2 aromatic rings. The average molecular weight is 389 g/mol. The van der Waals surface area contributed by atoms with Gasteiger partial charge in [-0.1, -0.05) is 60.7 Å². The third-order valence-electron chi connectivity index (χ3n) is 6.26. The Bertz CT molecular complexity index is 733. The molecule has 0 spiro atoms. The monoisotopic (exact) mass is 388 g/mol. The molecular formula is C28H36O. The van der Waals surface area contributed by atoms with Crippen molar-refractivity contribution in [3.05, 3.63) is 96.1 Å². The van der Waals surface area contributed by atoms with Crippen LogP contribution in [0.25, 0.3) is 0 Å². The van der Waals surface area contributed by atoms with Crippen LogP contribution in [0.15, 0.2) is 73.8 Å². The van der Waals surface area contributed by atoms with Crippen LogP contribution < -0.4 is 0 Å². The molecule has 1 aliphatic rings. The lowest BCUT2D eigenvalue weighted by Crippen LogP contribution is -2.11. The molecule has 0 saturated heterocycles. The normalized spacial score (nSPS) is 19.0. The molecule has 0 aromatic heterocycles. The van der Waals surface area contributed by atoms with Gasteiger partial charge in [-0.3, -0.25) is 0 Å². The topological polar surface area (TPSA) is 9.23 Å². The fourth-order valence-corrected chi connectivity index (χ4v) is 4.37. The van der Waals surface area contributed by atoms with Gasteiger partial charge in [-0.15, -0.1) is 13.2 Å². The predicted molar refractivity (Wildman–Crippen MR) is 124 cm³/mol. The van der Waals surface area contributed by atoms with Crippen molar-refractivity contribution in [2.24, 2.45) is 5.92 Å². The summed E-state index contributed by atoms with van der Waals surface area (Å²) in [5.41, 5.74) is 5.66. The zero-order valence-electron chi connectivity index (χ0n) is 17.8. The Balaban J connectivity index is 1.36. The Morgan fingerprint density at radius 3 is 1.86 bits per heavy atom. The quantitative estimate of drug-likeness (QED) is 0.287. The maximum Gasteiger partial charge on any atom is 0.0721 e. The lowest BCUT2D eigenvalue weighted by atomic mass is 9.78. The molecule has 0 bridgehead atoms. The largest absolute Gasteiger partial charge is 0.373 e. The van der Waals surface area contributed by atoms with Gasteiger partial charge in [0.25, 0.3) is 0 Å². The van der Waals surface area contributed by atoms with Crippen LogP contribution in [-0.4, -0.2) is 6.61 Å². The van der Waals surface area contributed by atoms with Crippen molar-refractivity contribution in [3.8, 4) is 0 Å². The van der Waals surface area contributed by atoms with E-state index in [1.807, 2.05) is 0 Å². The number of aryl methyl sites for hydroxylation is 2. The molecule has 0 radical (unpaired) electrons. The van der Waals surface area contributed by atoms with Gasteiger partial charge < -0.3 is 4.74 Å². The Labute approximate surface area is 177 Å². The summed E-state index contributed by atoms with van der Waals surface area (Å²) in [5.74, 6) is 1.50. The standard InChI is InChI=1S/C28H36O/c1-3-21-29-22-26-11-9-24(10-12-26)7-5-6-8-25-15-19-28(20-16-25)27-17-13-23(4-2)14-18-27/h3-4,9-12,15-16,19-20,23,27H,1-2,5-8,13-14,17-18,21-22H2. The maximum atomic E-state index is 5.49. The van der Waals surface area contributed by atoms with E-state index in [9.17, 15) is 0 Å². The zero-order chi connectivity index (χ0) is 20.3. The first-order valence-electron chi connectivity index (χ1n) is 11.3. The van der Waals surface area contributed by atoms with E-state index in [4.69, 9.17) is 4.74 Å². The van der Waals surface area contributed by atoms with Gasteiger partial charge in [-0.05, 0) is 85.5 Å². The molecule has 0 atom stereocenters. The summed E-state index contributed by atoms with van der Waals surface area (Å²) in [6.45, 7) is 8.91. The van der Waals surface area contributed by atoms with Crippen molar-refractivity contribution in [2.45, 2.75) is 63.9 Å². The summed E-state index contributed by atoms with van der Waals surface area (Å²) in [6, 6.07) is 18.3. The van der Waals surface area contributed by atoms with Crippen LogP contribution in [0.4, 0.5) is 0 Å². The molecule has 1 nitrogen and oxygen atoms in total. The maximum absolute atomic E-state index is 5.49. The molecule has 1 fully saturated rings. The summed E-state index contributed by atoms with van der Waals surface area (Å²) < 4.78 is 5.49. The summed E-state index contributed by atoms with van der Waals surface area (Å²) in [6.07, 6.45) is 14.0. The molecule has 1 saturated carbocycles. The van der Waals surface area contributed by atoms with Crippen molar-refractivity contribution in [3.63, 3.8) is 0 Å². The van der Waals surface area contributed by atoms with Crippen LogP contribution in [-0.2, 0) is 24.2 Å². The van der Waals surface area contributed by atoms with E-state index in [-0.39, 0.29) is 0 Å². The van der Waals surface area contributed by atoms with Gasteiger partial charge in [-0.2, -0.15) is 0 Å². The molecule has 0 heterocycles. The number of hydrogen-bond donors (Lipinski definition) is 0. The highest BCUT2D eigenvalue weighted by atomic mass is 16.5. The van der Waals surface area contributed by atoms with Crippen molar-refractivity contribution in [2.75, 3.05) is 6.61 Å². The highest BCUT2D eigenvalue weighted by molar-refractivity contribution is 5.26. The lowest BCUT2D eigenvalue weighted by Gasteiger charge is -2.27. The molecule has 3 rings (SSSR count). The number of hydrogen-bond acceptors (Lipinski definition) is 1. The molecule has 1 aliphatic carbocycles. The predicted octanol–water partition coefficient (Wildman–Crippen LogP) is 7.41. The van der Waals surface area contributed by atoms with E-state index >= 15 is 0 Å². The molecular weight excluding hydrogens is 352 g/mol. The second kappa shape index (κ2) is 11.8.